The minimum absolute atomic E-state index is 0.219. The Morgan fingerprint density at radius 1 is 1.30 bits per heavy atom. The second-order valence-electron chi connectivity index (χ2n) is 6.41. The van der Waals surface area contributed by atoms with Crippen LogP contribution < -0.4 is 0 Å². The number of likely N-dealkylation sites (tertiary alicyclic amines) is 1. The first-order valence-electron chi connectivity index (χ1n) is 7.97. The van der Waals surface area contributed by atoms with Crippen LogP contribution in [0.25, 0.3) is 10.1 Å². The van der Waals surface area contributed by atoms with Crippen molar-refractivity contribution < 1.29 is 9.63 Å². The average Bonchev–Trinajstić information content (AvgIpc) is 3.19. The molecule has 0 aliphatic carbocycles. The molecule has 3 aromatic rings. The summed E-state index contributed by atoms with van der Waals surface area (Å²) in [5.41, 5.74) is 0.898. The van der Waals surface area contributed by atoms with Gasteiger partial charge in [0.15, 0.2) is 0 Å². The van der Waals surface area contributed by atoms with Crippen LogP contribution in [0.2, 0.25) is 0 Å². The van der Waals surface area contributed by atoms with Crippen LogP contribution in [0.3, 0.4) is 0 Å². The number of rotatable bonds is 4. The highest BCUT2D eigenvalue weighted by Gasteiger charge is 2.32. The Labute approximate surface area is 139 Å². The second-order valence-corrected chi connectivity index (χ2v) is 7.58. The highest BCUT2D eigenvalue weighted by atomic mass is 32.1. The van der Waals surface area contributed by atoms with E-state index in [1.54, 1.807) is 0 Å². The summed E-state index contributed by atoms with van der Waals surface area (Å²) in [6, 6.07) is 12.7. The van der Waals surface area contributed by atoms with Gasteiger partial charge in [-0.15, -0.1) is 11.3 Å². The number of hydrogen-bond acceptors (Lipinski definition) is 5. The minimum Gasteiger partial charge on any atom is -0.391 e. The number of β-amino-alcohol motifs (C(OH)–C–C–N with tert-alkyl or cyclic N) is 1. The van der Waals surface area contributed by atoms with Crippen molar-refractivity contribution >= 4 is 21.4 Å². The van der Waals surface area contributed by atoms with Gasteiger partial charge < -0.3 is 9.63 Å². The van der Waals surface area contributed by atoms with Gasteiger partial charge in [-0.05, 0) is 24.4 Å². The number of aromatic nitrogens is 1. The van der Waals surface area contributed by atoms with E-state index in [2.05, 4.69) is 40.4 Å². The molecule has 1 fully saturated rings. The number of aliphatic hydroxyl groups is 1. The molecule has 3 heterocycles. The molecule has 120 valence electrons. The number of fused-ring (bicyclic) bond motifs is 1. The summed E-state index contributed by atoms with van der Waals surface area (Å²) in [5, 5.41) is 15.6. The lowest BCUT2D eigenvalue weighted by Crippen LogP contribution is -2.20. The average molecular weight is 328 g/mol. The number of benzene rings is 1. The standard InChI is InChI=1S/C18H20N2O2S/c1-12-6-15(22-19-12)7-14-9-20(11-17(14)21)10-16-8-13-4-2-3-5-18(13)23-16/h2-6,8,14,17,21H,7,9-11H2,1H3/t14-,17+/m1/s1. The number of aryl methyl sites for hydroxylation is 1. The van der Waals surface area contributed by atoms with Crippen molar-refractivity contribution in [1.29, 1.82) is 0 Å². The Kier molecular flexibility index (Phi) is 3.93. The first-order valence-corrected chi connectivity index (χ1v) is 8.79. The van der Waals surface area contributed by atoms with Gasteiger partial charge in [-0.25, -0.2) is 0 Å². The lowest BCUT2D eigenvalue weighted by atomic mass is 10.0. The van der Waals surface area contributed by atoms with Gasteiger partial charge >= 0.3 is 0 Å². The fraction of sp³-hybridized carbons (Fsp3) is 0.389. The van der Waals surface area contributed by atoms with Gasteiger partial charge in [0.1, 0.15) is 5.76 Å². The van der Waals surface area contributed by atoms with E-state index in [1.165, 1.54) is 15.0 Å². The van der Waals surface area contributed by atoms with E-state index >= 15 is 0 Å². The van der Waals surface area contributed by atoms with Gasteiger partial charge in [0.05, 0.1) is 11.8 Å². The highest BCUT2D eigenvalue weighted by Crippen LogP contribution is 2.29. The third-order valence-corrected chi connectivity index (χ3v) is 5.58. The summed E-state index contributed by atoms with van der Waals surface area (Å²) in [4.78, 5) is 3.69. The van der Waals surface area contributed by atoms with Crippen molar-refractivity contribution in [2.75, 3.05) is 13.1 Å². The van der Waals surface area contributed by atoms with Gasteiger partial charge in [0.25, 0.3) is 0 Å². The second kappa shape index (κ2) is 6.07. The lowest BCUT2D eigenvalue weighted by molar-refractivity contribution is 0.137. The highest BCUT2D eigenvalue weighted by molar-refractivity contribution is 7.19. The first kappa shape index (κ1) is 14.9. The molecule has 1 aliphatic rings. The van der Waals surface area contributed by atoms with Gasteiger partial charge in [-0.1, -0.05) is 23.4 Å². The molecular formula is C18H20N2O2S. The van der Waals surface area contributed by atoms with Crippen molar-refractivity contribution in [2.24, 2.45) is 5.92 Å². The molecule has 4 nitrogen and oxygen atoms in total. The molecule has 0 amide bonds. The zero-order valence-corrected chi connectivity index (χ0v) is 13.9. The molecule has 5 heteroatoms. The molecule has 0 unspecified atom stereocenters. The third-order valence-electron chi connectivity index (χ3n) is 4.48. The van der Waals surface area contributed by atoms with Gasteiger partial charge in [-0.3, -0.25) is 4.90 Å². The van der Waals surface area contributed by atoms with E-state index in [9.17, 15) is 5.11 Å². The van der Waals surface area contributed by atoms with Crippen molar-refractivity contribution in [3.63, 3.8) is 0 Å². The van der Waals surface area contributed by atoms with Gasteiger partial charge in [-0.2, -0.15) is 0 Å². The van der Waals surface area contributed by atoms with E-state index in [1.807, 2.05) is 24.3 Å². The van der Waals surface area contributed by atoms with E-state index in [-0.39, 0.29) is 12.0 Å². The van der Waals surface area contributed by atoms with Crippen LogP contribution in [0.15, 0.2) is 40.9 Å². The molecule has 1 aliphatic heterocycles. The molecule has 0 bridgehead atoms. The number of thiophene rings is 1. The molecule has 2 atom stereocenters. The van der Waals surface area contributed by atoms with Gasteiger partial charge in [0, 0.05) is 47.6 Å². The summed E-state index contributed by atoms with van der Waals surface area (Å²) in [6.45, 7) is 4.45. The smallest absolute Gasteiger partial charge is 0.137 e. The summed E-state index contributed by atoms with van der Waals surface area (Å²) >= 11 is 1.84. The largest absolute Gasteiger partial charge is 0.391 e. The van der Waals surface area contributed by atoms with E-state index < -0.39 is 0 Å². The molecule has 0 radical (unpaired) electrons. The molecule has 1 N–H and O–H groups in total. The summed E-state index contributed by atoms with van der Waals surface area (Å²) in [7, 11) is 0. The van der Waals surface area contributed by atoms with E-state index in [0.29, 0.717) is 0 Å². The topological polar surface area (TPSA) is 49.5 Å². The van der Waals surface area contributed by atoms with E-state index in [4.69, 9.17) is 4.52 Å². The maximum atomic E-state index is 10.3. The molecule has 1 saturated heterocycles. The molecule has 0 saturated carbocycles. The van der Waals surface area contributed by atoms with Crippen LogP contribution in [0.1, 0.15) is 16.3 Å². The predicted octanol–water partition coefficient (Wildman–Crippen LogP) is 3.23. The maximum Gasteiger partial charge on any atom is 0.137 e. The van der Waals surface area contributed by atoms with Crippen molar-refractivity contribution in [1.82, 2.24) is 10.1 Å². The first-order chi connectivity index (χ1) is 11.2. The Balaban J connectivity index is 1.42. The van der Waals surface area contributed by atoms with Crippen molar-refractivity contribution in [2.45, 2.75) is 26.0 Å². The molecule has 4 rings (SSSR count). The number of nitrogens with zero attached hydrogens (tertiary/aromatic N) is 2. The quantitative estimate of drug-likeness (QED) is 0.799. The summed E-state index contributed by atoms with van der Waals surface area (Å²) in [5.74, 6) is 1.09. The van der Waals surface area contributed by atoms with Crippen molar-refractivity contribution in [3.05, 3.63) is 52.7 Å². The van der Waals surface area contributed by atoms with Crippen LogP contribution in [0.4, 0.5) is 0 Å². The van der Waals surface area contributed by atoms with Crippen LogP contribution in [-0.2, 0) is 13.0 Å². The zero-order valence-electron chi connectivity index (χ0n) is 13.1. The zero-order chi connectivity index (χ0) is 15.8. The monoisotopic (exact) mass is 328 g/mol. The van der Waals surface area contributed by atoms with Crippen LogP contribution >= 0.6 is 11.3 Å². The summed E-state index contributed by atoms with van der Waals surface area (Å²) in [6.07, 6.45) is 0.458. The van der Waals surface area contributed by atoms with Crippen LogP contribution in [0, 0.1) is 12.8 Å². The van der Waals surface area contributed by atoms with Crippen LogP contribution in [-0.4, -0.2) is 34.4 Å². The normalized spacial score (nSPS) is 22.2. The Bertz CT molecular complexity index is 777. The maximum absolute atomic E-state index is 10.3. The molecule has 23 heavy (non-hydrogen) atoms. The van der Waals surface area contributed by atoms with Gasteiger partial charge in [0.2, 0.25) is 0 Å². The molecular weight excluding hydrogens is 308 g/mol. The molecule has 1 aromatic carbocycles. The predicted molar refractivity (Wildman–Crippen MR) is 91.5 cm³/mol. The fourth-order valence-electron chi connectivity index (χ4n) is 3.38. The SMILES string of the molecule is Cc1cc(C[C@@H]2CN(Cc3cc4ccccc4s3)C[C@@H]2O)on1. The third kappa shape index (κ3) is 3.17. The fourth-order valence-corrected chi connectivity index (χ4v) is 4.48. The Hall–Kier alpha value is -1.69. The molecule has 0 spiro atoms. The minimum atomic E-state index is -0.296. The Morgan fingerprint density at radius 3 is 2.96 bits per heavy atom. The lowest BCUT2D eigenvalue weighted by Gasteiger charge is -2.13. The number of aliphatic hydroxyl groups excluding tert-OH is 1. The Morgan fingerprint density at radius 2 is 2.17 bits per heavy atom. The van der Waals surface area contributed by atoms with E-state index in [0.717, 1.165) is 37.5 Å². The molecule has 2 aromatic heterocycles. The number of hydrogen-bond donors (Lipinski definition) is 1. The van der Waals surface area contributed by atoms with Crippen molar-refractivity contribution in [3.8, 4) is 0 Å². The van der Waals surface area contributed by atoms with Crippen LogP contribution in [0.5, 0.6) is 0 Å². The summed E-state index contributed by atoms with van der Waals surface area (Å²) < 4.78 is 6.62.